The zero-order valence-corrected chi connectivity index (χ0v) is 13.3. The van der Waals surface area contributed by atoms with Crippen molar-refractivity contribution in [2.24, 2.45) is 5.84 Å². The van der Waals surface area contributed by atoms with Gasteiger partial charge < -0.3 is 4.74 Å². The molecular formula is C13H15N5OS2. The topological polar surface area (TPSA) is 86.0 Å². The van der Waals surface area contributed by atoms with E-state index in [1.165, 1.54) is 4.88 Å². The van der Waals surface area contributed by atoms with E-state index in [0.29, 0.717) is 18.4 Å². The first-order chi connectivity index (χ1) is 10.2. The Kier molecular flexibility index (Phi) is 4.00. The molecule has 0 bridgehead atoms. The SMILES string of the molecule is Cc1cc2c(OCCc3scnc3C)nc(NN)nc2s1. The Hall–Kier alpha value is -1.77. The van der Waals surface area contributed by atoms with Gasteiger partial charge in [-0.3, -0.25) is 5.43 Å². The van der Waals surface area contributed by atoms with E-state index in [1.807, 2.05) is 25.4 Å². The highest BCUT2D eigenvalue weighted by molar-refractivity contribution is 7.18. The van der Waals surface area contributed by atoms with E-state index in [-0.39, 0.29) is 0 Å². The second-order valence-electron chi connectivity index (χ2n) is 4.53. The van der Waals surface area contributed by atoms with Gasteiger partial charge in [0.1, 0.15) is 4.83 Å². The molecule has 3 aromatic rings. The molecule has 6 nitrogen and oxygen atoms in total. The summed E-state index contributed by atoms with van der Waals surface area (Å²) in [7, 11) is 0. The molecule has 3 aromatic heterocycles. The summed E-state index contributed by atoms with van der Waals surface area (Å²) in [6.45, 7) is 4.59. The zero-order valence-electron chi connectivity index (χ0n) is 11.7. The maximum absolute atomic E-state index is 5.84. The van der Waals surface area contributed by atoms with Gasteiger partial charge in [0.15, 0.2) is 0 Å². The minimum Gasteiger partial charge on any atom is -0.477 e. The van der Waals surface area contributed by atoms with Gasteiger partial charge in [-0.2, -0.15) is 4.98 Å². The number of aromatic nitrogens is 3. The third-order valence-corrected chi connectivity index (χ3v) is 4.96. The number of rotatable bonds is 5. The van der Waals surface area contributed by atoms with Crippen LogP contribution in [0, 0.1) is 13.8 Å². The first-order valence-corrected chi connectivity index (χ1v) is 8.13. The molecule has 0 spiro atoms. The molecule has 21 heavy (non-hydrogen) atoms. The molecule has 110 valence electrons. The van der Waals surface area contributed by atoms with Crippen molar-refractivity contribution in [1.82, 2.24) is 15.0 Å². The summed E-state index contributed by atoms with van der Waals surface area (Å²) in [5, 5.41) is 0.928. The molecule has 0 atom stereocenters. The average Bonchev–Trinajstić information content (AvgIpc) is 3.04. The monoisotopic (exact) mass is 321 g/mol. The number of hydrazine groups is 1. The number of hydrogen-bond donors (Lipinski definition) is 2. The molecule has 0 aliphatic carbocycles. The Balaban J connectivity index is 1.80. The fraction of sp³-hybridized carbons (Fsp3) is 0.308. The number of thiazole rings is 1. The fourth-order valence-corrected chi connectivity index (χ4v) is 3.63. The standard InChI is InChI=1S/C13H15N5OS2/c1-7-5-9-11(16-13(18-14)17-12(9)21-7)19-4-3-10-8(2)15-6-20-10/h5-6H,3-4,14H2,1-2H3,(H,16,17,18). The molecule has 0 saturated carbocycles. The average molecular weight is 321 g/mol. The van der Waals surface area contributed by atoms with Gasteiger partial charge in [-0.1, -0.05) is 0 Å². The number of thiophene rings is 1. The minimum atomic E-state index is 0.369. The van der Waals surface area contributed by atoms with Crippen LogP contribution in [0.25, 0.3) is 10.2 Å². The normalized spacial score (nSPS) is 11.0. The quantitative estimate of drug-likeness (QED) is 0.555. The van der Waals surface area contributed by atoms with E-state index in [9.17, 15) is 0 Å². The Bertz CT molecular complexity index is 767. The summed E-state index contributed by atoms with van der Waals surface area (Å²) >= 11 is 3.24. The molecule has 0 aliphatic heterocycles. The lowest BCUT2D eigenvalue weighted by molar-refractivity contribution is 0.314. The second kappa shape index (κ2) is 5.92. The van der Waals surface area contributed by atoms with E-state index < -0.39 is 0 Å². The van der Waals surface area contributed by atoms with Crippen molar-refractivity contribution in [3.05, 3.63) is 27.0 Å². The molecule has 3 N–H and O–H groups in total. The van der Waals surface area contributed by atoms with Crippen molar-refractivity contribution >= 4 is 38.8 Å². The summed E-state index contributed by atoms with van der Waals surface area (Å²) < 4.78 is 5.84. The van der Waals surface area contributed by atoms with Gasteiger partial charge in [0, 0.05) is 16.2 Å². The van der Waals surface area contributed by atoms with Crippen molar-refractivity contribution in [2.75, 3.05) is 12.0 Å². The van der Waals surface area contributed by atoms with Gasteiger partial charge in [-0.15, -0.1) is 22.7 Å². The van der Waals surface area contributed by atoms with Gasteiger partial charge >= 0.3 is 0 Å². The van der Waals surface area contributed by atoms with Crippen LogP contribution in [0.2, 0.25) is 0 Å². The maximum Gasteiger partial charge on any atom is 0.241 e. The van der Waals surface area contributed by atoms with Crippen LogP contribution >= 0.6 is 22.7 Å². The van der Waals surface area contributed by atoms with Crippen LogP contribution in [0.1, 0.15) is 15.4 Å². The smallest absolute Gasteiger partial charge is 0.241 e. The van der Waals surface area contributed by atoms with E-state index in [1.54, 1.807) is 22.7 Å². The third-order valence-electron chi connectivity index (χ3n) is 3.02. The van der Waals surface area contributed by atoms with Gasteiger partial charge in [-0.25, -0.2) is 15.8 Å². The largest absolute Gasteiger partial charge is 0.477 e. The maximum atomic E-state index is 5.84. The van der Waals surface area contributed by atoms with E-state index in [4.69, 9.17) is 10.6 Å². The zero-order chi connectivity index (χ0) is 14.8. The first-order valence-electron chi connectivity index (χ1n) is 6.44. The number of nitrogens with zero attached hydrogens (tertiary/aromatic N) is 3. The molecule has 0 saturated heterocycles. The van der Waals surface area contributed by atoms with Crippen LogP contribution in [0.4, 0.5) is 5.95 Å². The summed E-state index contributed by atoms with van der Waals surface area (Å²) in [6.07, 6.45) is 0.816. The van der Waals surface area contributed by atoms with Gasteiger partial charge in [-0.05, 0) is 19.9 Å². The van der Waals surface area contributed by atoms with Crippen molar-refractivity contribution in [3.8, 4) is 5.88 Å². The van der Waals surface area contributed by atoms with Crippen molar-refractivity contribution in [3.63, 3.8) is 0 Å². The van der Waals surface area contributed by atoms with Crippen LogP contribution in [0.15, 0.2) is 11.6 Å². The number of nitrogens with one attached hydrogen (secondary N) is 1. The molecule has 0 unspecified atom stereocenters. The molecule has 0 aromatic carbocycles. The Morgan fingerprint density at radius 3 is 2.90 bits per heavy atom. The minimum absolute atomic E-state index is 0.369. The highest BCUT2D eigenvalue weighted by Gasteiger charge is 2.12. The number of hydrogen-bond acceptors (Lipinski definition) is 8. The van der Waals surface area contributed by atoms with Crippen LogP contribution in [0.3, 0.4) is 0 Å². The highest BCUT2D eigenvalue weighted by atomic mass is 32.1. The van der Waals surface area contributed by atoms with E-state index >= 15 is 0 Å². The Labute approximate surface area is 130 Å². The van der Waals surface area contributed by atoms with Crippen LogP contribution < -0.4 is 16.0 Å². The number of nitrogens with two attached hydrogens (primary N) is 1. The Morgan fingerprint density at radius 1 is 1.33 bits per heavy atom. The number of anilines is 1. The fourth-order valence-electron chi connectivity index (χ4n) is 2.00. The number of ether oxygens (including phenoxy) is 1. The molecule has 0 radical (unpaired) electrons. The lowest BCUT2D eigenvalue weighted by Gasteiger charge is -2.07. The lowest BCUT2D eigenvalue weighted by atomic mass is 10.3. The first kappa shape index (κ1) is 14.2. The van der Waals surface area contributed by atoms with Crippen molar-refractivity contribution in [1.29, 1.82) is 0 Å². The highest BCUT2D eigenvalue weighted by Crippen LogP contribution is 2.31. The summed E-state index contributed by atoms with van der Waals surface area (Å²) in [5.74, 6) is 6.35. The number of fused-ring (bicyclic) bond motifs is 1. The van der Waals surface area contributed by atoms with E-state index in [2.05, 4.69) is 20.4 Å². The molecule has 3 heterocycles. The van der Waals surface area contributed by atoms with Crippen LogP contribution in [0.5, 0.6) is 5.88 Å². The predicted octanol–water partition coefficient (Wildman–Crippen LogP) is 2.67. The van der Waals surface area contributed by atoms with E-state index in [0.717, 1.165) is 27.2 Å². The van der Waals surface area contributed by atoms with Crippen LogP contribution in [-0.2, 0) is 6.42 Å². The molecular weight excluding hydrogens is 306 g/mol. The molecule has 0 amide bonds. The molecule has 0 aliphatic rings. The van der Waals surface area contributed by atoms with Crippen LogP contribution in [-0.4, -0.2) is 21.6 Å². The molecule has 0 fully saturated rings. The van der Waals surface area contributed by atoms with Gasteiger partial charge in [0.25, 0.3) is 0 Å². The van der Waals surface area contributed by atoms with Gasteiger partial charge in [0.2, 0.25) is 11.8 Å². The predicted molar refractivity (Wildman–Crippen MR) is 86.0 cm³/mol. The lowest BCUT2D eigenvalue weighted by Crippen LogP contribution is -2.11. The number of aryl methyl sites for hydroxylation is 2. The summed E-state index contributed by atoms with van der Waals surface area (Å²) in [6, 6.07) is 2.04. The summed E-state index contributed by atoms with van der Waals surface area (Å²) in [4.78, 5) is 16.1. The van der Waals surface area contributed by atoms with Crippen molar-refractivity contribution in [2.45, 2.75) is 20.3 Å². The third kappa shape index (κ3) is 2.97. The summed E-state index contributed by atoms with van der Waals surface area (Å²) in [5.41, 5.74) is 5.39. The van der Waals surface area contributed by atoms with Crippen molar-refractivity contribution < 1.29 is 4.74 Å². The Morgan fingerprint density at radius 2 is 2.19 bits per heavy atom. The second-order valence-corrected chi connectivity index (χ2v) is 6.71. The molecule has 3 rings (SSSR count). The van der Waals surface area contributed by atoms with Gasteiger partial charge in [0.05, 0.1) is 23.2 Å². The number of nitrogen functional groups attached to an aromatic ring is 1. The molecule has 8 heteroatoms.